The predicted octanol–water partition coefficient (Wildman–Crippen LogP) is 1.39. The van der Waals surface area contributed by atoms with Gasteiger partial charge in [0.2, 0.25) is 5.91 Å². The zero-order chi connectivity index (χ0) is 18.9. The number of benzene rings is 1. The number of carbonyl (C=O) groups excluding carboxylic acids is 3. The van der Waals surface area contributed by atoms with Gasteiger partial charge in [0.1, 0.15) is 0 Å². The molecule has 1 aromatic rings. The lowest BCUT2D eigenvalue weighted by Crippen LogP contribution is -2.45. The third-order valence-electron chi connectivity index (χ3n) is 4.20. The van der Waals surface area contributed by atoms with E-state index in [0.717, 1.165) is 5.56 Å². The van der Waals surface area contributed by atoms with Gasteiger partial charge in [-0.3, -0.25) is 4.79 Å². The summed E-state index contributed by atoms with van der Waals surface area (Å²) in [5.41, 5.74) is 1.07. The van der Waals surface area contributed by atoms with E-state index in [1.165, 1.54) is 0 Å². The van der Waals surface area contributed by atoms with Crippen molar-refractivity contribution in [2.75, 3.05) is 26.2 Å². The fraction of sp³-hybridized carbons (Fsp3) is 0.500. The van der Waals surface area contributed by atoms with Crippen molar-refractivity contribution in [3.63, 3.8) is 0 Å². The molecule has 0 aromatic heterocycles. The van der Waals surface area contributed by atoms with E-state index in [9.17, 15) is 14.4 Å². The van der Waals surface area contributed by atoms with Crippen molar-refractivity contribution in [3.05, 3.63) is 35.9 Å². The Bertz CT molecular complexity index is 623. The highest BCUT2D eigenvalue weighted by Crippen LogP contribution is 2.25. The first-order valence-corrected chi connectivity index (χ1v) is 8.80. The third kappa shape index (κ3) is 5.65. The molecule has 26 heavy (non-hydrogen) atoms. The molecule has 1 fully saturated rings. The second kappa shape index (κ2) is 9.65. The summed E-state index contributed by atoms with van der Waals surface area (Å²) in [7, 11) is 0. The Balaban J connectivity index is 1.73. The summed E-state index contributed by atoms with van der Waals surface area (Å²) in [5, 5.41) is 7.96. The molecule has 2 rings (SSSR count). The molecule has 3 N–H and O–H groups in total. The Morgan fingerprint density at radius 3 is 2.62 bits per heavy atom. The molecule has 0 saturated carbocycles. The van der Waals surface area contributed by atoms with Gasteiger partial charge in [-0.2, -0.15) is 0 Å². The van der Waals surface area contributed by atoms with Gasteiger partial charge >= 0.3 is 12.1 Å². The normalized spacial score (nSPS) is 17.5. The maximum Gasteiger partial charge on any atom is 0.407 e. The minimum absolute atomic E-state index is 0.0237. The molecule has 8 heteroatoms. The molecular weight excluding hydrogens is 336 g/mol. The van der Waals surface area contributed by atoms with Gasteiger partial charge in [0, 0.05) is 26.1 Å². The highest BCUT2D eigenvalue weighted by Gasteiger charge is 2.33. The van der Waals surface area contributed by atoms with E-state index in [-0.39, 0.29) is 43.5 Å². The van der Waals surface area contributed by atoms with Crippen molar-refractivity contribution < 1.29 is 19.1 Å². The average Bonchev–Trinajstić information content (AvgIpc) is 2.99. The van der Waals surface area contributed by atoms with Crippen molar-refractivity contribution in [1.82, 2.24) is 20.9 Å². The molecule has 8 nitrogen and oxygen atoms in total. The van der Waals surface area contributed by atoms with Crippen molar-refractivity contribution in [3.8, 4) is 0 Å². The summed E-state index contributed by atoms with van der Waals surface area (Å²) >= 11 is 0. The average molecular weight is 362 g/mol. The molecule has 0 spiro atoms. The molecule has 2 unspecified atom stereocenters. The number of alkyl carbamates (subject to hydrolysis) is 1. The van der Waals surface area contributed by atoms with E-state index in [0.29, 0.717) is 13.2 Å². The Hall–Kier alpha value is -2.77. The topological polar surface area (TPSA) is 99.8 Å². The number of carbonyl (C=O) groups is 3. The molecule has 4 amide bonds. The van der Waals surface area contributed by atoms with Gasteiger partial charge in [0.15, 0.2) is 0 Å². The monoisotopic (exact) mass is 362 g/mol. The summed E-state index contributed by atoms with van der Waals surface area (Å²) < 4.78 is 4.72. The van der Waals surface area contributed by atoms with Crippen LogP contribution in [0.4, 0.5) is 9.59 Å². The van der Waals surface area contributed by atoms with Crippen LogP contribution in [-0.4, -0.2) is 55.2 Å². The van der Waals surface area contributed by atoms with E-state index in [4.69, 9.17) is 4.74 Å². The van der Waals surface area contributed by atoms with Crippen LogP contribution in [0.15, 0.2) is 30.3 Å². The number of rotatable bonds is 7. The van der Waals surface area contributed by atoms with Gasteiger partial charge < -0.3 is 25.6 Å². The molecule has 142 valence electrons. The van der Waals surface area contributed by atoms with E-state index in [1.807, 2.05) is 37.3 Å². The number of nitrogens with one attached hydrogen (secondary N) is 3. The molecule has 1 saturated heterocycles. The fourth-order valence-electron chi connectivity index (χ4n) is 2.87. The summed E-state index contributed by atoms with van der Waals surface area (Å²) in [4.78, 5) is 37.1. The van der Waals surface area contributed by atoms with Crippen LogP contribution < -0.4 is 16.0 Å². The SMILES string of the molecule is CCOC(=O)NCCNC(=O)NC1CC(=O)N(C(C)c2ccccc2)C1. The standard InChI is InChI=1S/C18H26N4O4/c1-3-26-18(25)20-10-9-19-17(24)21-15-11-16(23)22(12-15)13(2)14-7-5-4-6-8-14/h4-8,13,15H,3,9-12H2,1-2H3,(H,20,25)(H2,19,21,24). The summed E-state index contributed by atoms with van der Waals surface area (Å²) in [5.74, 6) is 0.0237. The number of hydrogen-bond acceptors (Lipinski definition) is 4. The third-order valence-corrected chi connectivity index (χ3v) is 4.20. The Morgan fingerprint density at radius 2 is 1.92 bits per heavy atom. The number of hydrogen-bond donors (Lipinski definition) is 3. The van der Waals surface area contributed by atoms with Gasteiger partial charge in [-0.25, -0.2) is 9.59 Å². The van der Waals surface area contributed by atoms with Crippen LogP contribution in [0.1, 0.15) is 31.9 Å². The summed E-state index contributed by atoms with van der Waals surface area (Å²) in [6.45, 7) is 5.02. The number of amides is 4. The van der Waals surface area contributed by atoms with E-state index < -0.39 is 6.09 Å². The zero-order valence-corrected chi connectivity index (χ0v) is 15.2. The molecule has 1 aliphatic rings. The lowest BCUT2D eigenvalue weighted by molar-refractivity contribution is -0.129. The molecule has 1 aliphatic heterocycles. The zero-order valence-electron chi connectivity index (χ0n) is 15.2. The van der Waals surface area contributed by atoms with Crippen LogP contribution in [0.2, 0.25) is 0 Å². The Labute approximate surface area is 153 Å². The van der Waals surface area contributed by atoms with Crippen LogP contribution in [0.5, 0.6) is 0 Å². The van der Waals surface area contributed by atoms with Gasteiger partial charge in [-0.05, 0) is 19.4 Å². The Kier molecular flexibility index (Phi) is 7.25. The van der Waals surface area contributed by atoms with Crippen molar-refractivity contribution in [1.29, 1.82) is 0 Å². The fourth-order valence-corrected chi connectivity index (χ4v) is 2.87. The molecule has 1 heterocycles. The molecule has 0 aliphatic carbocycles. The highest BCUT2D eigenvalue weighted by molar-refractivity contribution is 5.82. The lowest BCUT2D eigenvalue weighted by atomic mass is 10.1. The van der Waals surface area contributed by atoms with Crippen molar-refractivity contribution >= 4 is 18.0 Å². The molecule has 1 aromatic carbocycles. The van der Waals surface area contributed by atoms with Crippen molar-refractivity contribution in [2.45, 2.75) is 32.4 Å². The van der Waals surface area contributed by atoms with Crippen LogP contribution in [-0.2, 0) is 9.53 Å². The minimum Gasteiger partial charge on any atom is -0.450 e. The molecule has 0 bridgehead atoms. The van der Waals surface area contributed by atoms with Crippen LogP contribution in [0.3, 0.4) is 0 Å². The highest BCUT2D eigenvalue weighted by atomic mass is 16.5. The van der Waals surface area contributed by atoms with E-state index in [1.54, 1.807) is 11.8 Å². The van der Waals surface area contributed by atoms with E-state index in [2.05, 4.69) is 16.0 Å². The van der Waals surface area contributed by atoms with E-state index >= 15 is 0 Å². The van der Waals surface area contributed by atoms with Crippen LogP contribution >= 0.6 is 0 Å². The van der Waals surface area contributed by atoms with Crippen LogP contribution in [0.25, 0.3) is 0 Å². The maximum atomic E-state index is 12.3. The quantitative estimate of drug-likeness (QED) is 0.638. The van der Waals surface area contributed by atoms with Gasteiger partial charge in [-0.15, -0.1) is 0 Å². The first kappa shape index (κ1) is 19.6. The molecule has 0 radical (unpaired) electrons. The van der Waals surface area contributed by atoms with Crippen molar-refractivity contribution in [2.24, 2.45) is 0 Å². The lowest BCUT2D eigenvalue weighted by Gasteiger charge is -2.25. The second-order valence-electron chi connectivity index (χ2n) is 6.08. The number of likely N-dealkylation sites (tertiary alicyclic amines) is 1. The summed E-state index contributed by atoms with van der Waals surface area (Å²) in [6, 6.07) is 9.18. The first-order chi connectivity index (χ1) is 12.5. The molecular formula is C18H26N4O4. The number of urea groups is 1. The van der Waals surface area contributed by atoms with Gasteiger partial charge in [0.25, 0.3) is 0 Å². The van der Waals surface area contributed by atoms with Gasteiger partial charge in [0.05, 0.1) is 18.7 Å². The smallest absolute Gasteiger partial charge is 0.407 e. The van der Waals surface area contributed by atoms with Crippen LogP contribution in [0, 0.1) is 0 Å². The molecule has 2 atom stereocenters. The maximum absolute atomic E-state index is 12.3. The summed E-state index contributed by atoms with van der Waals surface area (Å²) in [6.07, 6.45) is -0.229. The minimum atomic E-state index is -0.512. The number of ether oxygens (including phenoxy) is 1. The second-order valence-corrected chi connectivity index (χ2v) is 6.08. The largest absolute Gasteiger partial charge is 0.450 e. The van der Waals surface area contributed by atoms with Gasteiger partial charge in [-0.1, -0.05) is 30.3 Å². The predicted molar refractivity (Wildman–Crippen MR) is 96.5 cm³/mol. The number of nitrogens with zero attached hydrogens (tertiary/aromatic N) is 1. The first-order valence-electron chi connectivity index (χ1n) is 8.80. The Morgan fingerprint density at radius 1 is 1.23 bits per heavy atom.